The van der Waals surface area contributed by atoms with Gasteiger partial charge in [0.2, 0.25) is 0 Å². The molecule has 0 aromatic heterocycles. The number of rotatable bonds is 12. The Morgan fingerprint density at radius 3 is 1.25 bits per heavy atom. The van der Waals surface area contributed by atoms with Gasteiger partial charge in [-0.05, 0) is 36.4 Å². The number of hydrogen-bond acceptors (Lipinski definition) is 10. The molecule has 18 heteroatoms. The molecule has 2 aromatic rings. The van der Waals surface area contributed by atoms with E-state index in [1.165, 1.54) is 52.5 Å². The van der Waals surface area contributed by atoms with Crippen LogP contribution in [0.4, 0.5) is 11.4 Å². The Morgan fingerprint density at radius 1 is 0.611 bits per heavy atom. The molecule has 0 spiro atoms. The van der Waals surface area contributed by atoms with E-state index in [4.69, 9.17) is 0 Å². The largest absolute Gasteiger partial charge is 0.384 e. The maximum atomic E-state index is 12.4. The quantitative estimate of drug-likeness (QED) is 0.266. The molecule has 0 fully saturated rings. The maximum absolute atomic E-state index is 12.4. The monoisotopic (exact) mass is 584 g/mol. The molecule has 200 valence electrons. The summed E-state index contributed by atoms with van der Waals surface area (Å²) >= 11 is 0. The Bertz CT molecular complexity index is 1430. The molecule has 0 heterocycles. The van der Waals surface area contributed by atoms with Crippen LogP contribution in [-0.2, 0) is 49.0 Å². The number of nitrogens with one attached hydrogen (secondary N) is 2. The Labute approximate surface area is 210 Å². The number of nitrogens with zero attached hydrogens (tertiary/aromatic N) is 2. The Hall–Kier alpha value is -2.90. The van der Waals surface area contributed by atoms with Gasteiger partial charge in [-0.3, -0.25) is 9.44 Å². The molecule has 0 radical (unpaired) electrons. The fourth-order valence-electron chi connectivity index (χ4n) is 2.21. The van der Waals surface area contributed by atoms with Gasteiger partial charge in [0, 0.05) is 28.2 Å². The average molecular weight is 585 g/mol. The summed E-state index contributed by atoms with van der Waals surface area (Å²) in [7, 11) is -11.6. The lowest BCUT2D eigenvalue weighted by atomic mass is 10.3. The van der Waals surface area contributed by atoms with Gasteiger partial charge in [-0.2, -0.15) is 42.3 Å². The van der Waals surface area contributed by atoms with Crippen molar-refractivity contribution in [2.24, 2.45) is 0 Å². The normalized spacial score (nSPS) is 13.2. The standard InChI is InChI=1S/C18H24N4O10S4/c1-21(2)35(27,28)19-15-7-5-9-17(13-15)33(23,24)31-11-12-32-34(25,26)18-10-6-8-16(14-18)20-36(29,30)22(3)4/h5-14,19-20H,1-4H3. The first-order chi connectivity index (χ1) is 16.5. The Balaban J connectivity index is 2.12. The van der Waals surface area contributed by atoms with Crippen LogP contribution in [0, 0.1) is 0 Å². The van der Waals surface area contributed by atoms with E-state index in [2.05, 4.69) is 17.8 Å². The van der Waals surface area contributed by atoms with Crippen molar-refractivity contribution in [1.82, 2.24) is 8.61 Å². The van der Waals surface area contributed by atoms with E-state index in [1.807, 2.05) is 0 Å². The smallest absolute Gasteiger partial charge is 0.338 e. The highest BCUT2D eigenvalue weighted by molar-refractivity contribution is 7.90. The number of anilines is 2. The molecule has 2 N–H and O–H groups in total. The summed E-state index contributed by atoms with van der Waals surface area (Å²) in [6, 6.07) is 9.45. The summed E-state index contributed by atoms with van der Waals surface area (Å²) < 4.78 is 113. The molecular weight excluding hydrogens is 560 g/mol. The predicted molar refractivity (Wildman–Crippen MR) is 131 cm³/mol. The predicted octanol–water partition coefficient (Wildman–Crippen LogP) is 0.705. The molecule has 0 bridgehead atoms. The minimum Gasteiger partial charge on any atom is -0.384 e. The van der Waals surface area contributed by atoms with Gasteiger partial charge in [0.05, 0.1) is 11.4 Å². The van der Waals surface area contributed by atoms with E-state index in [-0.39, 0.29) is 11.4 Å². The Kier molecular flexibility index (Phi) is 8.97. The molecule has 0 saturated carbocycles. The zero-order valence-electron chi connectivity index (χ0n) is 19.4. The SMILES string of the molecule is CN(C)S(=O)(=O)Nc1cccc(S(=O)(=O)OC=COS(=O)(=O)c2cccc(NS(=O)(=O)N(C)C)c2)c1. The van der Waals surface area contributed by atoms with Gasteiger partial charge in [-0.1, -0.05) is 12.1 Å². The van der Waals surface area contributed by atoms with E-state index in [0.717, 1.165) is 32.9 Å². The minimum absolute atomic E-state index is 0.0547. The second kappa shape index (κ2) is 11.0. The van der Waals surface area contributed by atoms with Crippen LogP contribution in [0.1, 0.15) is 0 Å². The second-order valence-corrected chi connectivity index (χ2v) is 14.1. The van der Waals surface area contributed by atoms with Crippen LogP contribution < -0.4 is 9.44 Å². The number of hydrogen-bond donors (Lipinski definition) is 2. The first-order valence-corrected chi connectivity index (χ1v) is 15.3. The van der Waals surface area contributed by atoms with Crippen LogP contribution >= 0.6 is 0 Å². The van der Waals surface area contributed by atoms with Gasteiger partial charge in [0.15, 0.2) is 0 Å². The molecule has 0 saturated heterocycles. The second-order valence-electron chi connectivity index (χ2n) is 7.21. The van der Waals surface area contributed by atoms with Crippen LogP contribution in [0.3, 0.4) is 0 Å². The summed E-state index contributed by atoms with van der Waals surface area (Å²) in [6.45, 7) is 0. The van der Waals surface area contributed by atoms with E-state index in [0.29, 0.717) is 12.5 Å². The maximum Gasteiger partial charge on any atom is 0.338 e. The fourth-order valence-corrected chi connectivity index (χ4v) is 5.07. The van der Waals surface area contributed by atoms with Crippen molar-refractivity contribution in [3.8, 4) is 0 Å². The summed E-state index contributed by atoms with van der Waals surface area (Å²) in [6.07, 6.45) is 0.921. The highest BCUT2D eigenvalue weighted by Crippen LogP contribution is 2.21. The lowest BCUT2D eigenvalue weighted by Gasteiger charge is -2.14. The molecule has 0 aliphatic carbocycles. The molecule has 36 heavy (non-hydrogen) atoms. The van der Waals surface area contributed by atoms with Gasteiger partial charge in [-0.25, -0.2) is 0 Å². The van der Waals surface area contributed by atoms with Gasteiger partial charge < -0.3 is 8.37 Å². The lowest BCUT2D eigenvalue weighted by Crippen LogP contribution is -2.28. The van der Waals surface area contributed by atoms with E-state index >= 15 is 0 Å². The molecule has 0 aliphatic heterocycles. The third-order valence-corrected chi connectivity index (χ3v) is 9.42. The first-order valence-electron chi connectivity index (χ1n) is 9.58. The molecule has 2 rings (SSSR count). The van der Waals surface area contributed by atoms with E-state index in [1.54, 1.807) is 0 Å². The molecular formula is C18H24N4O10S4. The first kappa shape index (κ1) is 29.3. The fraction of sp³-hybridized carbons (Fsp3) is 0.222. The molecule has 0 aliphatic rings. The van der Waals surface area contributed by atoms with Crippen molar-refractivity contribution in [1.29, 1.82) is 0 Å². The molecule has 14 nitrogen and oxygen atoms in total. The van der Waals surface area contributed by atoms with Gasteiger partial charge in [0.25, 0.3) is 0 Å². The topological polar surface area (TPSA) is 186 Å². The Morgan fingerprint density at radius 2 is 0.944 bits per heavy atom. The zero-order chi connectivity index (χ0) is 27.4. The van der Waals surface area contributed by atoms with Crippen molar-refractivity contribution in [2.45, 2.75) is 9.79 Å². The van der Waals surface area contributed by atoms with Crippen LogP contribution in [-0.4, -0.2) is 70.5 Å². The lowest BCUT2D eigenvalue weighted by molar-refractivity contribution is 0.402. The van der Waals surface area contributed by atoms with Crippen molar-refractivity contribution < 1.29 is 42.0 Å². The summed E-state index contributed by atoms with van der Waals surface area (Å²) in [5.41, 5.74) is -0.109. The summed E-state index contributed by atoms with van der Waals surface area (Å²) in [4.78, 5) is -0.843. The third-order valence-electron chi connectivity index (χ3n) is 4.12. The highest BCUT2D eigenvalue weighted by Gasteiger charge is 2.20. The van der Waals surface area contributed by atoms with E-state index in [9.17, 15) is 33.7 Å². The average Bonchev–Trinajstić information content (AvgIpc) is 2.76. The van der Waals surface area contributed by atoms with Gasteiger partial charge in [0.1, 0.15) is 22.3 Å². The minimum atomic E-state index is -4.47. The molecule has 0 atom stereocenters. The van der Waals surface area contributed by atoms with Crippen molar-refractivity contribution in [2.75, 3.05) is 37.6 Å². The summed E-state index contributed by atoms with van der Waals surface area (Å²) in [5, 5.41) is 0. The third kappa shape index (κ3) is 7.80. The van der Waals surface area contributed by atoms with Crippen LogP contribution in [0.15, 0.2) is 70.8 Å². The van der Waals surface area contributed by atoms with Crippen LogP contribution in [0.25, 0.3) is 0 Å². The van der Waals surface area contributed by atoms with Crippen LogP contribution in [0.5, 0.6) is 0 Å². The van der Waals surface area contributed by atoms with Gasteiger partial charge in [-0.15, -0.1) is 0 Å². The molecule has 2 aromatic carbocycles. The van der Waals surface area contributed by atoms with Crippen molar-refractivity contribution >= 4 is 52.0 Å². The zero-order valence-corrected chi connectivity index (χ0v) is 22.6. The van der Waals surface area contributed by atoms with Gasteiger partial charge >= 0.3 is 40.7 Å². The van der Waals surface area contributed by atoms with Crippen LogP contribution in [0.2, 0.25) is 0 Å². The summed E-state index contributed by atoms with van der Waals surface area (Å²) in [5.74, 6) is 0. The van der Waals surface area contributed by atoms with Crippen molar-refractivity contribution in [3.63, 3.8) is 0 Å². The van der Waals surface area contributed by atoms with E-state index < -0.39 is 50.4 Å². The molecule has 0 unspecified atom stereocenters. The van der Waals surface area contributed by atoms with Crippen molar-refractivity contribution in [3.05, 3.63) is 61.1 Å². The molecule has 0 amide bonds. The highest BCUT2D eigenvalue weighted by atomic mass is 32.2. The number of benzene rings is 2.